The van der Waals surface area contributed by atoms with Gasteiger partial charge in [0.1, 0.15) is 11.2 Å². The highest BCUT2D eigenvalue weighted by atomic mass is 32.1. The summed E-state index contributed by atoms with van der Waals surface area (Å²) in [5.74, 6) is 0. The number of nitriles is 2. The molecule has 8 aromatic rings. The van der Waals surface area contributed by atoms with Gasteiger partial charge in [-0.05, 0) is 88.5 Å². The second-order valence-corrected chi connectivity index (χ2v) is 11.4. The Labute approximate surface area is 245 Å². The lowest BCUT2D eigenvalue weighted by Crippen LogP contribution is -1.90. The summed E-state index contributed by atoms with van der Waals surface area (Å²) < 4.78 is 8.71. The van der Waals surface area contributed by atoms with Gasteiger partial charge in [-0.25, -0.2) is 0 Å². The molecular formula is C38H20N2OS. The van der Waals surface area contributed by atoms with Crippen molar-refractivity contribution in [1.29, 1.82) is 10.5 Å². The molecule has 2 heterocycles. The van der Waals surface area contributed by atoms with Crippen LogP contribution in [0.1, 0.15) is 11.1 Å². The maximum atomic E-state index is 10.0. The van der Waals surface area contributed by atoms with Crippen molar-refractivity contribution in [2.75, 3.05) is 0 Å². The average molecular weight is 553 g/mol. The zero-order valence-electron chi connectivity index (χ0n) is 22.3. The van der Waals surface area contributed by atoms with E-state index >= 15 is 0 Å². The van der Waals surface area contributed by atoms with Crippen LogP contribution in [0.2, 0.25) is 0 Å². The fourth-order valence-corrected chi connectivity index (χ4v) is 7.02. The lowest BCUT2D eigenvalue weighted by Gasteiger charge is -2.14. The van der Waals surface area contributed by atoms with Gasteiger partial charge < -0.3 is 4.42 Å². The number of benzene rings is 6. The van der Waals surface area contributed by atoms with E-state index in [1.807, 2.05) is 47.7 Å². The van der Waals surface area contributed by atoms with Crippen molar-refractivity contribution in [2.24, 2.45) is 0 Å². The van der Waals surface area contributed by atoms with E-state index in [-0.39, 0.29) is 0 Å². The largest absolute Gasteiger partial charge is 0.456 e. The van der Waals surface area contributed by atoms with Gasteiger partial charge in [-0.3, -0.25) is 0 Å². The summed E-state index contributed by atoms with van der Waals surface area (Å²) in [6.07, 6.45) is 0. The molecule has 42 heavy (non-hydrogen) atoms. The van der Waals surface area contributed by atoms with Gasteiger partial charge in [-0.1, -0.05) is 60.7 Å². The van der Waals surface area contributed by atoms with Crippen LogP contribution >= 0.6 is 11.3 Å². The van der Waals surface area contributed by atoms with Crippen LogP contribution in [0.3, 0.4) is 0 Å². The quantitative estimate of drug-likeness (QED) is 0.219. The molecule has 8 rings (SSSR count). The molecule has 0 saturated carbocycles. The Hall–Kier alpha value is -5.68. The highest BCUT2D eigenvalue weighted by Crippen LogP contribution is 2.41. The first-order valence-electron chi connectivity index (χ1n) is 13.6. The third kappa shape index (κ3) is 3.79. The normalized spacial score (nSPS) is 11.3. The summed E-state index contributed by atoms with van der Waals surface area (Å²) in [5, 5.41) is 23.8. The Morgan fingerprint density at radius 1 is 0.476 bits per heavy atom. The zero-order chi connectivity index (χ0) is 28.2. The van der Waals surface area contributed by atoms with E-state index in [0.29, 0.717) is 11.1 Å². The summed E-state index contributed by atoms with van der Waals surface area (Å²) in [5.41, 5.74) is 8.93. The Kier molecular flexibility index (Phi) is 5.44. The van der Waals surface area contributed by atoms with E-state index in [1.165, 1.54) is 20.2 Å². The van der Waals surface area contributed by atoms with Crippen LogP contribution in [0.4, 0.5) is 0 Å². The molecule has 0 atom stereocenters. The smallest absolute Gasteiger partial charge is 0.136 e. The number of nitrogens with zero attached hydrogens (tertiary/aromatic N) is 2. The van der Waals surface area contributed by atoms with E-state index in [4.69, 9.17) is 4.42 Å². The van der Waals surface area contributed by atoms with E-state index < -0.39 is 0 Å². The maximum Gasteiger partial charge on any atom is 0.136 e. The van der Waals surface area contributed by atoms with E-state index in [0.717, 1.165) is 55.3 Å². The third-order valence-electron chi connectivity index (χ3n) is 7.98. The summed E-state index contributed by atoms with van der Waals surface area (Å²) in [6, 6.07) is 45.8. The molecule has 194 valence electrons. The van der Waals surface area contributed by atoms with Gasteiger partial charge in [-0.2, -0.15) is 10.5 Å². The minimum Gasteiger partial charge on any atom is -0.456 e. The van der Waals surface area contributed by atoms with Crippen molar-refractivity contribution >= 4 is 53.4 Å². The Morgan fingerprint density at radius 2 is 1.26 bits per heavy atom. The summed E-state index contributed by atoms with van der Waals surface area (Å²) >= 11 is 1.81. The van der Waals surface area contributed by atoms with Crippen LogP contribution in [0.15, 0.2) is 126 Å². The van der Waals surface area contributed by atoms with Crippen LogP contribution in [0.25, 0.3) is 75.5 Å². The molecule has 2 aromatic heterocycles. The summed E-state index contributed by atoms with van der Waals surface area (Å²) in [6.45, 7) is 0. The first kappa shape index (κ1) is 24.1. The molecule has 0 spiro atoms. The van der Waals surface area contributed by atoms with Gasteiger partial charge in [0.05, 0.1) is 23.3 Å². The molecule has 0 bridgehead atoms. The SMILES string of the molecule is N#Cc1ccc2oc3cc(-c4ccc(-c5ccc6sc7ccccc7c6c5)c(-c5ccccc5C#N)c4)ccc3c2c1. The highest BCUT2D eigenvalue weighted by Gasteiger charge is 2.16. The van der Waals surface area contributed by atoms with Crippen molar-refractivity contribution in [3.05, 3.63) is 132 Å². The molecule has 0 radical (unpaired) electrons. The number of furan rings is 1. The molecule has 0 unspecified atom stereocenters. The zero-order valence-corrected chi connectivity index (χ0v) is 23.1. The highest BCUT2D eigenvalue weighted by molar-refractivity contribution is 7.25. The fourth-order valence-electron chi connectivity index (χ4n) is 5.93. The van der Waals surface area contributed by atoms with Crippen LogP contribution < -0.4 is 0 Å². The fraction of sp³-hybridized carbons (Fsp3) is 0. The Morgan fingerprint density at radius 3 is 2.17 bits per heavy atom. The Bertz CT molecular complexity index is 2450. The molecule has 3 nitrogen and oxygen atoms in total. The first-order valence-corrected chi connectivity index (χ1v) is 14.4. The predicted octanol–water partition coefficient (Wildman–Crippen LogP) is 10.7. The second-order valence-electron chi connectivity index (χ2n) is 10.4. The number of rotatable bonds is 3. The van der Waals surface area contributed by atoms with Crippen LogP contribution in [-0.4, -0.2) is 0 Å². The molecule has 4 heteroatoms. The van der Waals surface area contributed by atoms with E-state index in [9.17, 15) is 10.5 Å². The maximum absolute atomic E-state index is 10.0. The van der Waals surface area contributed by atoms with Crippen LogP contribution in [0, 0.1) is 22.7 Å². The van der Waals surface area contributed by atoms with Gasteiger partial charge in [0.15, 0.2) is 0 Å². The average Bonchev–Trinajstić information content (AvgIpc) is 3.61. The molecule has 0 fully saturated rings. The van der Waals surface area contributed by atoms with Crippen molar-refractivity contribution in [3.63, 3.8) is 0 Å². The first-order chi connectivity index (χ1) is 20.7. The molecule has 0 N–H and O–H groups in total. The van der Waals surface area contributed by atoms with Gasteiger partial charge in [-0.15, -0.1) is 11.3 Å². The van der Waals surface area contributed by atoms with Crippen LogP contribution in [-0.2, 0) is 0 Å². The van der Waals surface area contributed by atoms with E-state index in [2.05, 4.69) is 91.0 Å². The lowest BCUT2D eigenvalue weighted by molar-refractivity contribution is 0.669. The Balaban J connectivity index is 1.33. The van der Waals surface area contributed by atoms with Gasteiger partial charge in [0.2, 0.25) is 0 Å². The minimum atomic E-state index is 0.610. The minimum absolute atomic E-state index is 0.610. The van der Waals surface area contributed by atoms with Crippen LogP contribution in [0.5, 0.6) is 0 Å². The molecule has 0 amide bonds. The lowest BCUT2D eigenvalue weighted by atomic mass is 9.88. The number of thiophene rings is 1. The molecular weight excluding hydrogens is 532 g/mol. The third-order valence-corrected chi connectivity index (χ3v) is 9.13. The molecule has 6 aromatic carbocycles. The second kappa shape index (κ2) is 9.46. The van der Waals surface area contributed by atoms with Gasteiger partial charge >= 0.3 is 0 Å². The number of hydrogen-bond donors (Lipinski definition) is 0. The predicted molar refractivity (Wildman–Crippen MR) is 172 cm³/mol. The summed E-state index contributed by atoms with van der Waals surface area (Å²) in [7, 11) is 0. The van der Waals surface area contributed by atoms with Crippen molar-refractivity contribution in [1.82, 2.24) is 0 Å². The van der Waals surface area contributed by atoms with Crippen molar-refractivity contribution in [2.45, 2.75) is 0 Å². The van der Waals surface area contributed by atoms with Gasteiger partial charge in [0.25, 0.3) is 0 Å². The molecule has 0 aliphatic rings. The van der Waals surface area contributed by atoms with E-state index in [1.54, 1.807) is 6.07 Å². The molecule has 0 aliphatic heterocycles. The standard InChI is InChI=1S/C38H20N2OS/c39-21-23-9-15-35-33(17-23)30-14-11-25(20-36(30)41-35)24-10-13-29(32(18-24)28-6-2-1-5-27(28)22-40)26-12-16-38-34(19-26)31-7-3-4-8-37(31)42-38/h1-20H. The summed E-state index contributed by atoms with van der Waals surface area (Å²) in [4.78, 5) is 0. The molecule has 0 aliphatic carbocycles. The number of hydrogen-bond acceptors (Lipinski definition) is 4. The van der Waals surface area contributed by atoms with Gasteiger partial charge in [0, 0.05) is 36.5 Å². The number of fused-ring (bicyclic) bond motifs is 6. The monoisotopic (exact) mass is 552 g/mol. The molecule has 0 saturated heterocycles. The van der Waals surface area contributed by atoms with Crippen molar-refractivity contribution < 1.29 is 4.42 Å². The topological polar surface area (TPSA) is 60.7 Å². The van der Waals surface area contributed by atoms with Crippen molar-refractivity contribution in [3.8, 4) is 45.5 Å².